The Labute approximate surface area is 200 Å². The van der Waals surface area contributed by atoms with Crippen LogP contribution in [0.2, 0.25) is 0 Å². The van der Waals surface area contributed by atoms with Crippen molar-refractivity contribution >= 4 is 21.8 Å². The van der Waals surface area contributed by atoms with Crippen LogP contribution in [0.25, 0.3) is 21.8 Å². The number of hydrogen-bond acceptors (Lipinski definition) is 2. The van der Waals surface area contributed by atoms with Gasteiger partial charge in [0.25, 0.3) is 0 Å². The number of hydrogen-bond donors (Lipinski definition) is 1. The van der Waals surface area contributed by atoms with Crippen molar-refractivity contribution < 1.29 is 62.5 Å². The number of benzene rings is 2. The van der Waals surface area contributed by atoms with Crippen LogP contribution < -0.4 is 0 Å². The average Bonchev–Trinajstić information content (AvgIpc) is 3.12. The molecule has 3 aromatic rings. The van der Waals surface area contributed by atoms with Crippen molar-refractivity contribution in [2.45, 2.75) is 48.7 Å². The van der Waals surface area contributed by atoms with E-state index in [-0.39, 0.29) is 6.54 Å². The molecule has 0 radical (unpaired) electrons. The van der Waals surface area contributed by atoms with Crippen LogP contribution in [0.1, 0.15) is 0 Å². The summed E-state index contributed by atoms with van der Waals surface area (Å²) >= 11 is 0. The molecule has 0 spiro atoms. The number of aromatic nitrogens is 1. The molecule has 0 aliphatic heterocycles. The van der Waals surface area contributed by atoms with Crippen LogP contribution in [0, 0.1) is 0 Å². The fourth-order valence-electron chi connectivity index (χ4n) is 3.65. The second-order valence-corrected chi connectivity index (χ2v) is 8.17. The van der Waals surface area contributed by atoms with Crippen LogP contribution in [-0.2, 0) is 11.3 Å². The third-order valence-corrected chi connectivity index (χ3v) is 5.61. The molecular formula is C22H17F12NO2. The quantitative estimate of drug-likeness (QED) is 0.270. The maximum absolute atomic E-state index is 13.9. The molecule has 0 fully saturated rings. The van der Waals surface area contributed by atoms with E-state index in [1.165, 1.54) is 4.57 Å². The Morgan fingerprint density at radius 2 is 1.16 bits per heavy atom. The monoisotopic (exact) mass is 555 g/mol. The van der Waals surface area contributed by atoms with Gasteiger partial charge in [-0.2, -0.15) is 43.9 Å². The van der Waals surface area contributed by atoms with E-state index in [4.69, 9.17) is 0 Å². The van der Waals surface area contributed by atoms with Gasteiger partial charge in [0.05, 0.1) is 19.3 Å². The van der Waals surface area contributed by atoms with E-state index in [0.29, 0.717) is 11.0 Å². The molecule has 0 unspecified atom stereocenters. The van der Waals surface area contributed by atoms with E-state index in [1.807, 2.05) is 0 Å². The Bertz CT molecular complexity index is 1190. The molecule has 15 heteroatoms. The van der Waals surface area contributed by atoms with Crippen molar-refractivity contribution in [1.29, 1.82) is 0 Å². The van der Waals surface area contributed by atoms with Gasteiger partial charge in [0.1, 0.15) is 6.61 Å². The van der Waals surface area contributed by atoms with E-state index in [2.05, 4.69) is 4.74 Å². The molecule has 3 rings (SSSR count). The number of ether oxygens (including phenoxy) is 1. The predicted molar refractivity (Wildman–Crippen MR) is 107 cm³/mol. The van der Waals surface area contributed by atoms with Crippen LogP contribution in [0.3, 0.4) is 0 Å². The van der Waals surface area contributed by atoms with Gasteiger partial charge >= 0.3 is 36.0 Å². The maximum atomic E-state index is 13.9. The number of halogens is 12. The van der Waals surface area contributed by atoms with Crippen LogP contribution in [-0.4, -0.2) is 65.0 Å². The number of nitrogens with zero attached hydrogens (tertiary/aromatic N) is 1. The number of fused-ring (bicyclic) bond motifs is 3. The maximum Gasteiger partial charge on any atom is 0.384 e. The van der Waals surface area contributed by atoms with Gasteiger partial charge in [-0.3, -0.25) is 0 Å². The lowest BCUT2D eigenvalue weighted by Crippen LogP contribution is -2.69. The minimum Gasteiger partial charge on any atom is -0.389 e. The predicted octanol–water partition coefficient (Wildman–Crippen LogP) is 6.61. The summed E-state index contributed by atoms with van der Waals surface area (Å²) in [6.45, 7) is -4.29. The van der Waals surface area contributed by atoms with Gasteiger partial charge in [-0.25, -0.2) is 8.78 Å². The van der Waals surface area contributed by atoms with Gasteiger partial charge in [0.2, 0.25) is 0 Å². The van der Waals surface area contributed by atoms with Crippen molar-refractivity contribution in [3.63, 3.8) is 0 Å². The van der Waals surface area contributed by atoms with Gasteiger partial charge in [0, 0.05) is 21.8 Å². The van der Waals surface area contributed by atoms with Crippen molar-refractivity contribution in [2.24, 2.45) is 0 Å². The summed E-state index contributed by atoms with van der Waals surface area (Å²) in [5, 5.41) is 11.6. The first-order valence-electron chi connectivity index (χ1n) is 10.3. The number of para-hydroxylation sites is 2. The molecule has 0 aliphatic carbocycles. The SMILES string of the molecule is O[C@H](COCC(F)(F)C(F)(F)C(F)(F)C(F)(F)C(F)(F)C(F)F)Cn1c2ccccc2c2ccccc21. The minimum atomic E-state index is -7.62. The summed E-state index contributed by atoms with van der Waals surface area (Å²) < 4.78 is 165. The number of rotatable bonds is 11. The van der Waals surface area contributed by atoms with E-state index in [0.717, 1.165) is 10.8 Å². The summed E-state index contributed by atoms with van der Waals surface area (Å²) in [5.41, 5.74) is 1.14. The molecule has 1 atom stereocenters. The summed E-state index contributed by atoms with van der Waals surface area (Å²) in [5.74, 6) is -35.7. The molecule has 1 N–H and O–H groups in total. The van der Waals surface area contributed by atoms with Crippen LogP contribution in [0.5, 0.6) is 0 Å². The molecular weight excluding hydrogens is 538 g/mol. The second-order valence-electron chi connectivity index (χ2n) is 8.17. The lowest BCUT2D eigenvalue weighted by Gasteiger charge is -2.39. The molecule has 1 aromatic heterocycles. The van der Waals surface area contributed by atoms with E-state index >= 15 is 0 Å². The molecule has 0 aliphatic rings. The summed E-state index contributed by atoms with van der Waals surface area (Å²) in [7, 11) is 0. The van der Waals surface area contributed by atoms with Crippen LogP contribution >= 0.6 is 0 Å². The molecule has 206 valence electrons. The topological polar surface area (TPSA) is 34.4 Å². The Balaban J connectivity index is 1.74. The Kier molecular flexibility index (Phi) is 7.47. The molecule has 0 saturated heterocycles. The number of aliphatic hydroxyl groups is 1. The third kappa shape index (κ3) is 4.60. The Hall–Kier alpha value is -2.68. The molecule has 3 nitrogen and oxygen atoms in total. The van der Waals surface area contributed by atoms with E-state index in [1.54, 1.807) is 48.5 Å². The van der Waals surface area contributed by atoms with Gasteiger partial charge < -0.3 is 14.4 Å². The largest absolute Gasteiger partial charge is 0.389 e. The third-order valence-electron chi connectivity index (χ3n) is 5.61. The highest BCUT2D eigenvalue weighted by Crippen LogP contribution is 2.58. The summed E-state index contributed by atoms with van der Waals surface area (Å²) in [6.07, 6.45) is -7.28. The minimum absolute atomic E-state index is 0.370. The van der Waals surface area contributed by atoms with Gasteiger partial charge in [-0.1, -0.05) is 36.4 Å². The molecule has 0 bridgehead atoms. The first-order chi connectivity index (χ1) is 16.9. The van der Waals surface area contributed by atoms with E-state index < -0.39 is 55.4 Å². The fourth-order valence-corrected chi connectivity index (χ4v) is 3.65. The first-order valence-corrected chi connectivity index (χ1v) is 10.3. The molecule has 2 aromatic carbocycles. The second kappa shape index (κ2) is 9.57. The average molecular weight is 555 g/mol. The summed E-state index contributed by atoms with van der Waals surface area (Å²) in [6, 6.07) is 13.5. The van der Waals surface area contributed by atoms with Crippen molar-refractivity contribution in [3.8, 4) is 0 Å². The van der Waals surface area contributed by atoms with Gasteiger partial charge in [0.15, 0.2) is 0 Å². The van der Waals surface area contributed by atoms with E-state index in [9.17, 15) is 57.8 Å². The van der Waals surface area contributed by atoms with Crippen LogP contribution in [0.15, 0.2) is 48.5 Å². The standard InChI is InChI=1S/C22H17F12NO2/c23-17(24)19(27,28)21(31,32)22(33,34)20(29,30)18(25,26)11-37-10-12(36)9-35-15-7-3-1-5-13(15)14-6-2-4-8-16(14)35/h1-8,12,17,36H,9-11H2/t12-/m0/s1. The number of aliphatic hydroxyl groups excluding tert-OH is 1. The van der Waals surface area contributed by atoms with Gasteiger partial charge in [-0.05, 0) is 12.1 Å². The highest BCUT2D eigenvalue weighted by atomic mass is 19.4. The summed E-state index contributed by atoms with van der Waals surface area (Å²) in [4.78, 5) is 0. The lowest BCUT2D eigenvalue weighted by atomic mass is 9.94. The fraction of sp³-hybridized carbons (Fsp3) is 0.455. The highest BCUT2D eigenvalue weighted by Gasteiger charge is 2.87. The zero-order chi connectivity index (χ0) is 28.0. The zero-order valence-electron chi connectivity index (χ0n) is 18.2. The Morgan fingerprint density at radius 3 is 1.62 bits per heavy atom. The number of alkyl halides is 12. The molecule has 0 saturated carbocycles. The molecule has 1 heterocycles. The zero-order valence-corrected chi connectivity index (χ0v) is 18.2. The van der Waals surface area contributed by atoms with Crippen molar-refractivity contribution in [2.75, 3.05) is 13.2 Å². The lowest BCUT2D eigenvalue weighted by molar-refractivity contribution is -0.415. The molecule has 37 heavy (non-hydrogen) atoms. The Morgan fingerprint density at radius 1 is 0.703 bits per heavy atom. The van der Waals surface area contributed by atoms with Crippen molar-refractivity contribution in [3.05, 3.63) is 48.5 Å². The normalized spacial score (nSPS) is 15.2. The van der Waals surface area contributed by atoms with Gasteiger partial charge in [-0.15, -0.1) is 0 Å². The molecule has 0 amide bonds. The smallest absolute Gasteiger partial charge is 0.384 e. The first kappa shape index (κ1) is 28.9. The highest BCUT2D eigenvalue weighted by molar-refractivity contribution is 6.07. The van der Waals surface area contributed by atoms with Crippen LogP contribution in [0.4, 0.5) is 52.7 Å². The van der Waals surface area contributed by atoms with Crippen molar-refractivity contribution in [1.82, 2.24) is 4.57 Å².